The van der Waals surface area contributed by atoms with Crippen molar-refractivity contribution in [2.24, 2.45) is 0 Å². The van der Waals surface area contributed by atoms with Crippen molar-refractivity contribution in [3.05, 3.63) is 59.8 Å². The maximum atomic E-state index is 2.71. The van der Waals surface area contributed by atoms with E-state index in [1.54, 1.807) is 0 Å². The van der Waals surface area contributed by atoms with Crippen LogP contribution in [0.3, 0.4) is 0 Å². The predicted octanol–water partition coefficient (Wildman–Crippen LogP) is 6.46. The van der Waals surface area contributed by atoms with Gasteiger partial charge >= 0.3 is 0 Å². The number of hydrogen-bond donors (Lipinski definition) is 0. The minimum absolute atomic E-state index is 0.0635. The van der Waals surface area contributed by atoms with Crippen molar-refractivity contribution in [2.75, 3.05) is 0 Å². The minimum Gasteiger partial charge on any atom is -0.216 e. The average molecular weight is 372 g/mol. The Hall–Kier alpha value is -2.35. The van der Waals surface area contributed by atoms with Crippen LogP contribution in [0.15, 0.2) is 48.5 Å². The summed E-state index contributed by atoms with van der Waals surface area (Å²) in [5.74, 6) is 0.485. The minimum atomic E-state index is 0.0635. The summed E-state index contributed by atoms with van der Waals surface area (Å²) in [5.41, 5.74) is 7.15. The standard InChI is InChI=1S/C26H31N2/c1-7-26(8-2)17(3)19-13-11-12-18-16-22(25(4,5)6)27-20-14-9-10-15-21(20)28(26)24(27)23(18)19/h9-17H,7-8H2,1-6H3/q+1. The maximum Gasteiger partial charge on any atom is 0.296 e. The predicted molar refractivity (Wildman–Crippen MR) is 118 cm³/mol. The molecule has 2 aromatic carbocycles. The fourth-order valence-electron chi connectivity index (χ4n) is 5.84. The molecule has 0 saturated carbocycles. The van der Waals surface area contributed by atoms with Crippen LogP contribution in [-0.4, -0.2) is 4.40 Å². The van der Waals surface area contributed by atoms with Gasteiger partial charge in [0.15, 0.2) is 11.0 Å². The molecule has 0 aliphatic carbocycles. The topological polar surface area (TPSA) is 8.29 Å². The number of pyridine rings is 1. The van der Waals surface area contributed by atoms with Crippen molar-refractivity contribution < 1.29 is 4.57 Å². The second kappa shape index (κ2) is 5.59. The smallest absolute Gasteiger partial charge is 0.216 e. The van der Waals surface area contributed by atoms with Crippen molar-refractivity contribution in [1.82, 2.24) is 4.40 Å². The fourth-order valence-corrected chi connectivity index (χ4v) is 5.84. The van der Waals surface area contributed by atoms with Gasteiger partial charge in [-0.1, -0.05) is 71.9 Å². The molecule has 2 heteroatoms. The van der Waals surface area contributed by atoms with Gasteiger partial charge < -0.3 is 0 Å². The van der Waals surface area contributed by atoms with Crippen molar-refractivity contribution in [3.8, 4) is 0 Å². The van der Waals surface area contributed by atoms with Gasteiger partial charge in [0.2, 0.25) is 0 Å². The molecule has 0 spiro atoms. The lowest BCUT2D eigenvalue weighted by atomic mass is 9.73. The van der Waals surface area contributed by atoms with E-state index in [4.69, 9.17) is 0 Å². The molecule has 0 saturated heterocycles. The van der Waals surface area contributed by atoms with E-state index in [9.17, 15) is 0 Å². The van der Waals surface area contributed by atoms with Gasteiger partial charge in [-0.3, -0.25) is 0 Å². The summed E-state index contributed by atoms with van der Waals surface area (Å²) in [6.07, 6.45) is 2.27. The van der Waals surface area contributed by atoms with Gasteiger partial charge in [0.25, 0.3) is 5.65 Å². The molecule has 0 radical (unpaired) electrons. The summed E-state index contributed by atoms with van der Waals surface area (Å²) in [5, 5.41) is 2.82. The van der Waals surface area contributed by atoms with Crippen LogP contribution in [0.25, 0.3) is 27.5 Å². The lowest BCUT2D eigenvalue weighted by Gasteiger charge is -2.39. The molecule has 5 rings (SSSR count). The highest BCUT2D eigenvalue weighted by Crippen LogP contribution is 2.46. The molecule has 144 valence electrons. The van der Waals surface area contributed by atoms with Crippen molar-refractivity contribution >= 4 is 27.5 Å². The van der Waals surface area contributed by atoms with Crippen LogP contribution in [0.1, 0.15) is 71.6 Å². The van der Waals surface area contributed by atoms with E-state index >= 15 is 0 Å². The van der Waals surface area contributed by atoms with Gasteiger partial charge in [-0.2, -0.15) is 4.40 Å². The van der Waals surface area contributed by atoms with Crippen LogP contribution in [0.4, 0.5) is 0 Å². The molecule has 0 fully saturated rings. The molecule has 0 amide bonds. The molecule has 1 aliphatic rings. The summed E-state index contributed by atoms with van der Waals surface area (Å²) < 4.78 is 5.27. The first-order chi connectivity index (χ1) is 13.3. The van der Waals surface area contributed by atoms with Crippen LogP contribution in [0.2, 0.25) is 0 Å². The van der Waals surface area contributed by atoms with Crippen LogP contribution in [0, 0.1) is 0 Å². The molecule has 3 heterocycles. The number of hydrogen-bond acceptors (Lipinski definition) is 0. The number of benzene rings is 2. The SMILES string of the molecule is CCC1(CC)C(C)c2cccc3cc(C(C)(C)C)n4c5ccccc5[n+]1c4c23. The van der Waals surface area contributed by atoms with E-state index in [2.05, 4.69) is 99.0 Å². The Kier molecular flexibility index (Phi) is 3.54. The van der Waals surface area contributed by atoms with E-state index in [-0.39, 0.29) is 11.0 Å². The molecule has 28 heavy (non-hydrogen) atoms. The number of rotatable bonds is 2. The summed E-state index contributed by atoms with van der Waals surface area (Å²) in [4.78, 5) is 0. The molecule has 2 nitrogen and oxygen atoms in total. The van der Waals surface area contributed by atoms with Gasteiger partial charge in [-0.15, -0.1) is 0 Å². The normalized spacial score (nSPS) is 18.6. The van der Waals surface area contributed by atoms with Crippen molar-refractivity contribution in [2.45, 2.75) is 71.3 Å². The monoisotopic (exact) mass is 371 g/mol. The first kappa shape index (κ1) is 17.7. The average Bonchev–Trinajstić information content (AvgIpc) is 3.03. The largest absolute Gasteiger partial charge is 0.296 e. The third-order valence-electron chi connectivity index (χ3n) is 7.38. The highest BCUT2D eigenvalue weighted by Gasteiger charge is 2.48. The molecular weight excluding hydrogens is 340 g/mol. The quantitative estimate of drug-likeness (QED) is 0.357. The number of para-hydroxylation sites is 2. The number of fused-ring (bicyclic) bond motifs is 3. The number of nitrogens with zero attached hydrogens (tertiary/aromatic N) is 2. The van der Waals surface area contributed by atoms with E-state index in [0.717, 1.165) is 12.8 Å². The molecular formula is C26H31N2+. The molecule has 1 unspecified atom stereocenters. The zero-order chi connectivity index (χ0) is 19.8. The Labute approximate surface area is 167 Å². The molecule has 2 aromatic heterocycles. The Morgan fingerprint density at radius 3 is 2.39 bits per heavy atom. The summed E-state index contributed by atoms with van der Waals surface area (Å²) in [7, 11) is 0. The Balaban J connectivity index is 2.18. The zero-order valence-corrected chi connectivity index (χ0v) is 18.0. The van der Waals surface area contributed by atoms with Crippen LogP contribution >= 0.6 is 0 Å². The first-order valence-corrected chi connectivity index (χ1v) is 10.8. The third kappa shape index (κ3) is 1.96. The van der Waals surface area contributed by atoms with Crippen LogP contribution in [-0.2, 0) is 11.0 Å². The van der Waals surface area contributed by atoms with Crippen molar-refractivity contribution in [3.63, 3.8) is 0 Å². The maximum absolute atomic E-state index is 2.71. The Morgan fingerprint density at radius 1 is 1.00 bits per heavy atom. The van der Waals surface area contributed by atoms with Crippen molar-refractivity contribution in [1.29, 1.82) is 0 Å². The summed E-state index contributed by atoms with van der Waals surface area (Å²) in [6.45, 7) is 14.2. The lowest BCUT2D eigenvalue weighted by Crippen LogP contribution is -2.60. The highest BCUT2D eigenvalue weighted by molar-refractivity contribution is 5.99. The molecule has 0 N–H and O–H groups in total. The molecule has 1 aliphatic heterocycles. The van der Waals surface area contributed by atoms with E-state index in [0.29, 0.717) is 5.92 Å². The van der Waals surface area contributed by atoms with Gasteiger partial charge in [0, 0.05) is 11.3 Å². The lowest BCUT2D eigenvalue weighted by molar-refractivity contribution is -0.725. The number of aromatic nitrogens is 2. The van der Waals surface area contributed by atoms with Crippen LogP contribution < -0.4 is 4.57 Å². The third-order valence-corrected chi connectivity index (χ3v) is 7.38. The van der Waals surface area contributed by atoms with E-state index in [1.165, 1.54) is 38.7 Å². The number of imidazole rings is 1. The molecule has 1 atom stereocenters. The van der Waals surface area contributed by atoms with Gasteiger partial charge in [-0.25, -0.2) is 4.57 Å². The molecule has 0 bridgehead atoms. The summed E-state index contributed by atoms with van der Waals surface area (Å²) in [6, 6.07) is 18.4. The Bertz CT molecular complexity index is 1230. The first-order valence-electron chi connectivity index (χ1n) is 10.8. The highest BCUT2D eigenvalue weighted by atomic mass is 15.2. The van der Waals surface area contributed by atoms with E-state index < -0.39 is 0 Å². The second-order valence-electron chi connectivity index (χ2n) is 9.61. The van der Waals surface area contributed by atoms with Gasteiger partial charge in [0.1, 0.15) is 11.2 Å². The van der Waals surface area contributed by atoms with Crippen LogP contribution in [0.5, 0.6) is 0 Å². The zero-order valence-electron chi connectivity index (χ0n) is 18.0. The fraction of sp³-hybridized carbons (Fsp3) is 0.423. The van der Waals surface area contributed by atoms with E-state index in [1.807, 2.05) is 0 Å². The van der Waals surface area contributed by atoms with Gasteiger partial charge in [-0.05, 0) is 42.0 Å². The Morgan fingerprint density at radius 2 is 1.71 bits per heavy atom. The molecule has 4 aromatic rings. The van der Waals surface area contributed by atoms with Gasteiger partial charge in [0.05, 0.1) is 5.39 Å². The second-order valence-corrected chi connectivity index (χ2v) is 9.61. The summed E-state index contributed by atoms with van der Waals surface area (Å²) >= 11 is 0.